The van der Waals surface area contributed by atoms with E-state index in [2.05, 4.69) is 4.89 Å². The van der Waals surface area contributed by atoms with E-state index >= 15 is 0 Å². The Kier molecular flexibility index (Phi) is 7.61. The predicted octanol–water partition coefficient (Wildman–Crippen LogP) is 3.76. The zero-order chi connectivity index (χ0) is 19.9. The van der Waals surface area contributed by atoms with Crippen LogP contribution in [-0.4, -0.2) is 41.4 Å². The maximum absolute atomic E-state index is 12.5. The fraction of sp³-hybridized carbons (Fsp3) is 0.526. The molecule has 1 unspecified atom stereocenters. The number of rotatable bonds is 7. The van der Waals surface area contributed by atoms with Crippen molar-refractivity contribution >= 4 is 17.8 Å². The molecule has 7 nitrogen and oxygen atoms in total. The Hall–Kier alpha value is -2.57. The number of benzene rings is 1. The molecule has 0 saturated heterocycles. The number of likely N-dealkylation sites (N-methyl/N-ethyl adjacent to an activating group) is 1. The molecular formula is C19H27NO6. The molecule has 0 heterocycles. The molecule has 1 amide bonds. The topological polar surface area (TPSA) is 82.1 Å². The van der Waals surface area contributed by atoms with Gasteiger partial charge in [0.1, 0.15) is 5.60 Å². The van der Waals surface area contributed by atoms with Crippen molar-refractivity contribution in [1.82, 2.24) is 4.90 Å². The Morgan fingerprint density at radius 2 is 1.69 bits per heavy atom. The van der Waals surface area contributed by atoms with E-state index in [0.29, 0.717) is 17.7 Å². The van der Waals surface area contributed by atoms with Crippen molar-refractivity contribution in [3.05, 3.63) is 29.8 Å². The molecule has 0 spiro atoms. The van der Waals surface area contributed by atoms with Crippen LogP contribution in [0.2, 0.25) is 0 Å². The summed E-state index contributed by atoms with van der Waals surface area (Å²) in [5, 5.41) is 0. The zero-order valence-electron chi connectivity index (χ0n) is 16.2. The van der Waals surface area contributed by atoms with Crippen molar-refractivity contribution in [3.63, 3.8) is 0 Å². The van der Waals surface area contributed by atoms with Crippen LogP contribution in [0.15, 0.2) is 24.3 Å². The minimum atomic E-state index is -0.695. The van der Waals surface area contributed by atoms with Gasteiger partial charge < -0.3 is 9.64 Å². The number of nitrogens with zero attached hydrogens (tertiary/aromatic N) is 1. The summed E-state index contributed by atoms with van der Waals surface area (Å²) >= 11 is 0. The molecule has 7 heteroatoms. The SMILES string of the molecule is CCCC(=O)OOc1ccc(C(=O)C(C)N(C)C(=O)OC(C)(C)C)cc1. The summed E-state index contributed by atoms with van der Waals surface area (Å²) in [4.78, 5) is 46.7. The van der Waals surface area contributed by atoms with Gasteiger partial charge in [0.05, 0.1) is 6.04 Å². The first-order valence-corrected chi connectivity index (χ1v) is 8.52. The van der Waals surface area contributed by atoms with Gasteiger partial charge in [0, 0.05) is 19.0 Å². The monoisotopic (exact) mass is 365 g/mol. The highest BCUT2D eigenvalue weighted by molar-refractivity contribution is 6.01. The molecule has 0 radical (unpaired) electrons. The lowest BCUT2D eigenvalue weighted by atomic mass is 10.0. The quantitative estimate of drug-likeness (QED) is 0.416. The number of amides is 1. The third-order valence-corrected chi connectivity index (χ3v) is 3.47. The second-order valence-corrected chi connectivity index (χ2v) is 6.94. The summed E-state index contributed by atoms with van der Waals surface area (Å²) < 4.78 is 5.27. The molecule has 0 N–H and O–H groups in total. The minimum Gasteiger partial charge on any atom is -0.444 e. The highest BCUT2D eigenvalue weighted by atomic mass is 17.2. The van der Waals surface area contributed by atoms with Crippen LogP contribution in [0.4, 0.5) is 4.79 Å². The van der Waals surface area contributed by atoms with Gasteiger partial charge in [-0.05, 0) is 58.4 Å². The molecule has 1 aromatic carbocycles. The Morgan fingerprint density at radius 3 is 2.19 bits per heavy atom. The molecule has 0 aliphatic heterocycles. The molecule has 0 aliphatic carbocycles. The van der Waals surface area contributed by atoms with E-state index in [9.17, 15) is 14.4 Å². The van der Waals surface area contributed by atoms with E-state index in [1.807, 2.05) is 6.92 Å². The van der Waals surface area contributed by atoms with E-state index in [-0.39, 0.29) is 12.2 Å². The second kappa shape index (κ2) is 9.22. The first kappa shape index (κ1) is 21.5. The summed E-state index contributed by atoms with van der Waals surface area (Å²) in [5.74, 6) is -0.396. The van der Waals surface area contributed by atoms with Gasteiger partial charge >= 0.3 is 12.1 Å². The van der Waals surface area contributed by atoms with Crippen LogP contribution in [0.5, 0.6) is 5.75 Å². The maximum Gasteiger partial charge on any atom is 0.410 e. The normalized spacial score (nSPS) is 12.1. The van der Waals surface area contributed by atoms with Crippen molar-refractivity contribution in [1.29, 1.82) is 0 Å². The average Bonchev–Trinajstić information content (AvgIpc) is 2.57. The van der Waals surface area contributed by atoms with Crippen LogP contribution in [0.25, 0.3) is 0 Å². The van der Waals surface area contributed by atoms with E-state index < -0.39 is 23.7 Å². The van der Waals surface area contributed by atoms with Gasteiger partial charge in [0.25, 0.3) is 0 Å². The van der Waals surface area contributed by atoms with Crippen LogP contribution >= 0.6 is 0 Å². The molecule has 0 bridgehead atoms. The van der Waals surface area contributed by atoms with Crippen molar-refractivity contribution in [2.24, 2.45) is 0 Å². The number of ether oxygens (including phenoxy) is 1. The summed E-state index contributed by atoms with van der Waals surface area (Å²) in [7, 11) is 1.52. The molecule has 0 fully saturated rings. The van der Waals surface area contributed by atoms with Crippen LogP contribution in [-0.2, 0) is 14.4 Å². The second-order valence-electron chi connectivity index (χ2n) is 6.94. The lowest BCUT2D eigenvalue weighted by Crippen LogP contribution is -2.43. The van der Waals surface area contributed by atoms with Gasteiger partial charge in [-0.25, -0.2) is 9.59 Å². The van der Waals surface area contributed by atoms with E-state index in [0.717, 1.165) is 0 Å². The average molecular weight is 365 g/mol. The highest BCUT2D eigenvalue weighted by Gasteiger charge is 2.27. The number of carbonyl (C=O) groups excluding carboxylic acids is 3. The fourth-order valence-corrected chi connectivity index (χ4v) is 1.92. The van der Waals surface area contributed by atoms with Gasteiger partial charge in [-0.2, -0.15) is 0 Å². The Morgan fingerprint density at radius 1 is 1.12 bits per heavy atom. The highest BCUT2D eigenvalue weighted by Crippen LogP contribution is 2.17. The molecule has 1 aromatic rings. The minimum absolute atomic E-state index is 0.243. The van der Waals surface area contributed by atoms with E-state index in [1.54, 1.807) is 39.8 Å². The van der Waals surface area contributed by atoms with Gasteiger partial charge in [-0.15, -0.1) is 0 Å². The van der Waals surface area contributed by atoms with Crippen LogP contribution in [0.3, 0.4) is 0 Å². The molecule has 0 saturated carbocycles. The smallest absolute Gasteiger partial charge is 0.410 e. The Bertz CT molecular complexity index is 632. The lowest BCUT2D eigenvalue weighted by Gasteiger charge is -2.28. The number of ketones is 1. The van der Waals surface area contributed by atoms with Gasteiger partial charge in [-0.1, -0.05) is 6.92 Å². The predicted molar refractivity (Wildman–Crippen MR) is 95.9 cm³/mol. The van der Waals surface area contributed by atoms with E-state index in [1.165, 1.54) is 24.1 Å². The Labute approximate surface area is 154 Å². The third-order valence-electron chi connectivity index (χ3n) is 3.47. The maximum atomic E-state index is 12.5. The standard InChI is InChI=1S/C19H27NO6/c1-7-8-16(21)26-25-15-11-9-14(10-12-15)17(22)13(2)20(6)18(23)24-19(3,4)5/h9-13H,7-8H2,1-6H3. The molecule has 1 atom stereocenters. The summed E-state index contributed by atoms with van der Waals surface area (Å²) in [6.07, 6.45) is 0.366. The van der Waals surface area contributed by atoms with Crippen molar-refractivity contribution in [2.45, 2.75) is 59.1 Å². The summed E-state index contributed by atoms with van der Waals surface area (Å²) in [6, 6.07) is 5.44. The molecule has 0 aliphatic rings. The molecular weight excluding hydrogens is 338 g/mol. The van der Waals surface area contributed by atoms with Gasteiger partial charge in [-0.3, -0.25) is 14.6 Å². The van der Waals surface area contributed by atoms with Crippen LogP contribution < -0.4 is 4.89 Å². The first-order valence-electron chi connectivity index (χ1n) is 8.52. The summed E-state index contributed by atoms with van der Waals surface area (Å²) in [6.45, 7) is 8.77. The van der Waals surface area contributed by atoms with Crippen LogP contribution in [0, 0.1) is 0 Å². The van der Waals surface area contributed by atoms with E-state index in [4.69, 9.17) is 9.62 Å². The van der Waals surface area contributed by atoms with Crippen molar-refractivity contribution < 1.29 is 28.9 Å². The molecule has 26 heavy (non-hydrogen) atoms. The zero-order valence-corrected chi connectivity index (χ0v) is 16.2. The fourth-order valence-electron chi connectivity index (χ4n) is 1.92. The van der Waals surface area contributed by atoms with Crippen molar-refractivity contribution in [3.8, 4) is 5.75 Å². The number of carbonyl (C=O) groups is 3. The van der Waals surface area contributed by atoms with Crippen LogP contribution in [0.1, 0.15) is 57.8 Å². The molecule has 0 aromatic heterocycles. The molecule has 1 rings (SSSR count). The third kappa shape index (κ3) is 6.74. The number of hydrogen-bond acceptors (Lipinski definition) is 6. The van der Waals surface area contributed by atoms with Crippen molar-refractivity contribution in [2.75, 3.05) is 7.05 Å². The Balaban J connectivity index is 2.69. The number of hydrogen-bond donors (Lipinski definition) is 0. The first-order chi connectivity index (χ1) is 12.0. The van der Waals surface area contributed by atoms with Gasteiger partial charge in [0.15, 0.2) is 11.5 Å². The largest absolute Gasteiger partial charge is 0.444 e. The lowest BCUT2D eigenvalue weighted by molar-refractivity contribution is -0.213. The molecule has 144 valence electrons. The summed E-state index contributed by atoms with van der Waals surface area (Å²) in [5.41, 5.74) is -0.234. The number of Topliss-reactive ketones (excluding diaryl/α,β-unsaturated/α-hetero) is 1. The van der Waals surface area contributed by atoms with Gasteiger partial charge in [0.2, 0.25) is 0 Å².